The minimum Gasteiger partial charge on any atom is -0.452 e. The number of benzene rings is 2. The van der Waals surface area contributed by atoms with Gasteiger partial charge in [-0.1, -0.05) is 32.0 Å². The maximum Gasteiger partial charge on any atom is 0.338 e. The van der Waals surface area contributed by atoms with Crippen molar-refractivity contribution in [1.82, 2.24) is 0 Å². The molecule has 2 aromatic carbocycles. The zero-order chi connectivity index (χ0) is 20.1. The van der Waals surface area contributed by atoms with Crippen molar-refractivity contribution in [3.8, 4) is 0 Å². The molecule has 146 valence electrons. The fourth-order valence-corrected chi connectivity index (χ4v) is 3.80. The maximum atomic E-state index is 12.3. The van der Waals surface area contributed by atoms with Crippen LogP contribution in [0, 0.1) is 0 Å². The Morgan fingerprint density at radius 3 is 2.79 bits per heavy atom. The van der Waals surface area contributed by atoms with Gasteiger partial charge in [-0.25, -0.2) is 4.79 Å². The number of nitrogens with one attached hydrogen (secondary N) is 2. The Hall–Kier alpha value is -2.80. The number of amides is 2. The predicted molar refractivity (Wildman–Crippen MR) is 110 cm³/mol. The summed E-state index contributed by atoms with van der Waals surface area (Å²) in [4.78, 5) is 37.1. The number of ether oxygens (including phenoxy) is 1. The van der Waals surface area contributed by atoms with Gasteiger partial charge < -0.3 is 15.4 Å². The molecule has 2 aromatic rings. The Morgan fingerprint density at radius 1 is 1.21 bits per heavy atom. The highest BCUT2D eigenvalue weighted by Gasteiger charge is 2.17. The number of esters is 1. The predicted octanol–water partition coefficient (Wildman–Crippen LogP) is 4.04. The third-order valence-electron chi connectivity index (χ3n) is 4.27. The number of hydrogen-bond donors (Lipinski definition) is 2. The van der Waals surface area contributed by atoms with Crippen molar-refractivity contribution >= 4 is 40.9 Å². The minimum absolute atomic E-state index is 0.0834. The highest BCUT2D eigenvalue weighted by Crippen LogP contribution is 2.31. The Morgan fingerprint density at radius 2 is 2.00 bits per heavy atom. The summed E-state index contributed by atoms with van der Waals surface area (Å²) >= 11 is 1.56. The molecular weight excluding hydrogens is 376 g/mol. The Labute approximate surface area is 168 Å². The largest absolute Gasteiger partial charge is 0.452 e. The van der Waals surface area contributed by atoms with Crippen LogP contribution in [0.3, 0.4) is 0 Å². The molecule has 0 aromatic heterocycles. The second-order valence-electron chi connectivity index (χ2n) is 6.72. The van der Waals surface area contributed by atoms with Crippen LogP contribution in [-0.2, 0) is 14.3 Å². The van der Waals surface area contributed by atoms with Crippen molar-refractivity contribution in [2.45, 2.75) is 31.1 Å². The number of thioether (sulfide) groups is 1. The van der Waals surface area contributed by atoms with Crippen LogP contribution in [0.1, 0.15) is 42.1 Å². The molecule has 0 bridgehead atoms. The maximum absolute atomic E-state index is 12.3. The summed E-state index contributed by atoms with van der Waals surface area (Å²) in [5.41, 5.74) is 2.61. The van der Waals surface area contributed by atoms with Crippen LogP contribution in [-0.4, -0.2) is 30.1 Å². The fraction of sp³-hybridized carbons (Fsp3) is 0.286. The molecule has 2 N–H and O–H groups in total. The lowest BCUT2D eigenvalue weighted by Gasteiger charge is -2.14. The van der Waals surface area contributed by atoms with Gasteiger partial charge in [-0.2, -0.15) is 0 Å². The van der Waals surface area contributed by atoms with E-state index in [1.165, 1.54) is 0 Å². The summed E-state index contributed by atoms with van der Waals surface area (Å²) < 4.78 is 5.14. The van der Waals surface area contributed by atoms with Crippen molar-refractivity contribution in [3.63, 3.8) is 0 Å². The molecule has 0 saturated heterocycles. The number of hydrogen-bond acceptors (Lipinski definition) is 5. The first-order chi connectivity index (χ1) is 13.4. The molecule has 1 heterocycles. The molecule has 0 radical (unpaired) electrons. The van der Waals surface area contributed by atoms with Gasteiger partial charge in [0.2, 0.25) is 5.91 Å². The average Bonchev–Trinajstić information content (AvgIpc) is 2.86. The zero-order valence-corrected chi connectivity index (χ0v) is 16.6. The van der Waals surface area contributed by atoms with Crippen LogP contribution in [0.4, 0.5) is 11.4 Å². The Bertz CT molecular complexity index is 911. The number of carbonyl (C=O) groups excluding carboxylic acids is 3. The molecule has 3 rings (SSSR count). The highest BCUT2D eigenvalue weighted by atomic mass is 32.2. The van der Waals surface area contributed by atoms with Gasteiger partial charge in [0.1, 0.15) is 0 Å². The Balaban J connectivity index is 1.61. The van der Waals surface area contributed by atoms with E-state index in [4.69, 9.17) is 4.74 Å². The molecule has 7 heteroatoms. The van der Waals surface area contributed by atoms with Crippen molar-refractivity contribution in [1.29, 1.82) is 0 Å². The van der Waals surface area contributed by atoms with Gasteiger partial charge in [0, 0.05) is 22.8 Å². The van der Waals surface area contributed by atoms with Crippen LogP contribution in [0.2, 0.25) is 0 Å². The van der Waals surface area contributed by atoms with E-state index in [-0.39, 0.29) is 24.0 Å². The first-order valence-corrected chi connectivity index (χ1v) is 10.0. The standard InChI is InChI=1S/C21H22N2O4S/c1-13(2)15-5-3-4-6-16(15)22-20(25)12-27-21(26)14-7-8-18-17(11-14)23-19(24)9-10-28-18/h3-8,11,13H,9-10,12H2,1-2H3,(H,22,25)(H,23,24). The SMILES string of the molecule is CC(C)c1ccccc1NC(=O)COC(=O)c1ccc2c(c1)NC(=O)CCS2. The molecule has 0 spiro atoms. The second-order valence-corrected chi connectivity index (χ2v) is 7.86. The molecule has 0 atom stereocenters. The Kier molecular flexibility index (Phi) is 6.36. The zero-order valence-electron chi connectivity index (χ0n) is 15.8. The number of para-hydroxylation sites is 1. The number of anilines is 2. The number of fused-ring (bicyclic) bond motifs is 1. The van der Waals surface area contributed by atoms with E-state index >= 15 is 0 Å². The van der Waals surface area contributed by atoms with Gasteiger partial charge in [-0.3, -0.25) is 9.59 Å². The summed E-state index contributed by atoms with van der Waals surface area (Å²) in [6.45, 7) is 3.70. The van der Waals surface area contributed by atoms with Crippen molar-refractivity contribution in [3.05, 3.63) is 53.6 Å². The molecule has 28 heavy (non-hydrogen) atoms. The van der Waals surface area contributed by atoms with Crippen LogP contribution >= 0.6 is 11.8 Å². The molecule has 1 aliphatic heterocycles. The quantitative estimate of drug-likeness (QED) is 0.743. The summed E-state index contributed by atoms with van der Waals surface area (Å²) in [6, 6.07) is 12.5. The van der Waals surface area contributed by atoms with E-state index in [9.17, 15) is 14.4 Å². The van der Waals surface area contributed by atoms with Crippen LogP contribution in [0.15, 0.2) is 47.4 Å². The lowest BCUT2D eigenvalue weighted by atomic mass is 10.0. The van der Waals surface area contributed by atoms with Crippen LogP contribution in [0.25, 0.3) is 0 Å². The molecular formula is C21H22N2O4S. The molecule has 0 saturated carbocycles. The molecule has 2 amide bonds. The lowest BCUT2D eigenvalue weighted by molar-refractivity contribution is -0.119. The number of rotatable bonds is 5. The van der Waals surface area contributed by atoms with Crippen LogP contribution in [0.5, 0.6) is 0 Å². The van der Waals surface area contributed by atoms with Gasteiger partial charge >= 0.3 is 5.97 Å². The van der Waals surface area contributed by atoms with Crippen molar-refractivity contribution < 1.29 is 19.1 Å². The van der Waals surface area contributed by atoms with Crippen LogP contribution < -0.4 is 10.6 Å². The monoisotopic (exact) mass is 398 g/mol. The molecule has 0 aliphatic carbocycles. The minimum atomic E-state index is -0.612. The molecule has 6 nitrogen and oxygen atoms in total. The molecule has 1 aliphatic rings. The second kappa shape index (κ2) is 8.93. The highest BCUT2D eigenvalue weighted by molar-refractivity contribution is 7.99. The van der Waals surface area contributed by atoms with E-state index in [0.717, 1.165) is 10.5 Å². The van der Waals surface area contributed by atoms with E-state index < -0.39 is 11.9 Å². The summed E-state index contributed by atoms with van der Waals surface area (Å²) in [6.07, 6.45) is 0.428. The fourth-order valence-electron chi connectivity index (χ4n) is 2.86. The molecule has 0 fully saturated rings. The lowest BCUT2D eigenvalue weighted by Crippen LogP contribution is -2.21. The summed E-state index contributed by atoms with van der Waals surface area (Å²) in [5.74, 6) is -0.147. The van der Waals surface area contributed by atoms with E-state index in [1.54, 1.807) is 30.0 Å². The normalized spacial score (nSPS) is 13.3. The summed E-state index contributed by atoms with van der Waals surface area (Å²) in [7, 11) is 0. The first kappa shape index (κ1) is 19.9. The molecule has 0 unspecified atom stereocenters. The first-order valence-electron chi connectivity index (χ1n) is 9.06. The van der Waals surface area contributed by atoms with E-state index in [2.05, 4.69) is 10.6 Å². The average molecular weight is 398 g/mol. The smallest absolute Gasteiger partial charge is 0.338 e. The topological polar surface area (TPSA) is 84.5 Å². The van der Waals surface area contributed by atoms with E-state index in [1.807, 2.05) is 38.1 Å². The van der Waals surface area contributed by atoms with Gasteiger partial charge in [0.25, 0.3) is 5.91 Å². The van der Waals surface area contributed by atoms with Crippen molar-refractivity contribution in [2.24, 2.45) is 0 Å². The van der Waals surface area contributed by atoms with Gasteiger partial charge in [-0.15, -0.1) is 11.8 Å². The third-order valence-corrected chi connectivity index (χ3v) is 5.34. The van der Waals surface area contributed by atoms with Gasteiger partial charge in [0.05, 0.1) is 11.3 Å². The summed E-state index contributed by atoms with van der Waals surface area (Å²) in [5, 5.41) is 5.57. The van der Waals surface area contributed by atoms with Gasteiger partial charge in [0.15, 0.2) is 6.61 Å². The number of carbonyl (C=O) groups is 3. The van der Waals surface area contributed by atoms with Gasteiger partial charge in [-0.05, 0) is 35.7 Å². The van der Waals surface area contributed by atoms with E-state index in [0.29, 0.717) is 23.5 Å². The third kappa shape index (κ3) is 4.92. The van der Waals surface area contributed by atoms with Crippen molar-refractivity contribution in [2.75, 3.05) is 23.0 Å².